The molecule has 0 spiro atoms. The van der Waals surface area contributed by atoms with Crippen LogP contribution < -0.4 is 5.32 Å². The SMILES string of the molecule is Cl.N#Cc1c(-c2ccc(C(F)(F)F)cc2)cc(NCCN2CCOCC2)n2c1nc1ccccc12. The molecule has 3 heterocycles. The highest BCUT2D eigenvalue weighted by atomic mass is 35.5. The Morgan fingerprint density at radius 3 is 2.46 bits per heavy atom. The maximum Gasteiger partial charge on any atom is 0.416 e. The number of fused-ring (bicyclic) bond motifs is 3. The van der Waals surface area contributed by atoms with E-state index in [9.17, 15) is 18.4 Å². The van der Waals surface area contributed by atoms with Crippen molar-refractivity contribution in [1.82, 2.24) is 14.3 Å². The molecule has 1 aliphatic rings. The molecule has 1 fully saturated rings. The van der Waals surface area contributed by atoms with Gasteiger partial charge in [-0.25, -0.2) is 4.98 Å². The van der Waals surface area contributed by atoms with Gasteiger partial charge >= 0.3 is 6.18 Å². The van der Waals surface area contributed by atoms with Gasteiger partial charge in [-0.1, -0.05) is 24.3 Å². The molecule has 4 aromatic rings. The Bertz CT molecular complexity index is 1370. The largest absolute Gasteiger partial charge is 0.416 e. The van der Waals surface area contributed by atoms with Crippen LogP contribution in [-0.4, -0.2) is 53.7 Å². The lowest BCUT2D eigenvalue weighted by Gasteiger charge is -2.26. The molecule has 182 valence electrons. The number of hydrogen-bond acceptors (Lipinski definition) is 5. The molecule has 0 unspecified atom stereocenters. The predicted octanol–water partition coefficient (Wildman–Crippen LogP) is 5.21. The van der Waals surface area contributed by atoms with E-state index >= 15 is 0 Å². The van der Waals surface area contributed by atoms with Crippen LogP contribution in [0.5, 0.6) is 0 Å². The molecule has 0 bridgehead atoms. The Balaban J connectivity index is 0.00000289. The van der Waals surface area contributed by atoms with E-state index in [1.807, 2.05) is 34.7 Å². The van der Waals surface area contributed by atoms with E-state index in [4.69, 9.17) is 4.74 Å². The van der Waals surface area contributed by atoms with Crippen molar-refractivity contribution in [3.05, 3.63) is 65.7 Å². The molecular weight excluding hydrogens is 479 g/mol. The number of ether oxygens (including phenoxy) is 1. The topological polar surface area (TPSA) is 65.6 Å². The number of nitriles is 1. The Morgan fingerprint density at radius 1 is 1.06 bits per heavy atom. The number of nitrogens with zero attached hydrogens (tertiary/aromatic N) is 4. The molecule has 1 aliphatic heterocycles. The molecule has 5 rings (SSSR count). The number of benzene rings is 2. The highest BCUT2D eigenvalue weighted by molar-refractivity contribution is 5.89. The lowest BCUT2D eigenvalue weighted by Crippen LogP contribution is -2.39. The highest BCUT2D eigenvalue weighted by Gasteiger charge is 2.30. The molecular formula is C25H23ClF3N5O. The maximum atomic E-state index is 13.1. The summed E-state index contributed by atoms with van der Waals surface area (Å²) in [6.45, 7) is 4.63. The molecule has 0 radical (unpaired) electrons. The zero-order chi connectivity index (χ0) is 23.7. The van der Waals surface area contributed by atoms with Crippen LogP contribution in [0, 0.1) is 11.3 Å². The lowest BCUT2D eigenvalue weighted by atomic mass is 10.00. The van der Waals surface area contributed by atoms with Gasteiger partial charge in [0.05, 0.1) is 29.8 Å². The van der Waals surface area contributed by atoms with E-state index < -0.39 is 11.7 Å². The predicted molar refractivity (Wildman–Crippen MR) is 131 cm³/mol. The summed E-state index contributed by atoms with van der Waals surface area (Å²) in [7, 11) is 0. The number of para-hydroxylation sites is 2. The first-order valence-electron chi connectivity index (χ1n) is 11.0. The number of hydrogen-bond donors (Lipinski definition) is 1. The standard InChI is InChI=1S/C25H22F3N5O.ClH/c26-25(27,28)18-7-5-17(6-8-18)19-15-23(30-9-10-32-11-13-34-14-12-32)33-22-4-2-1-3-21(22)31-24(33)20(19)16-29;/h1-8,15,30H,9-14H2;1H. The first-order chi connectivity index (χ1) is 16.5. The summed E-state index contributed by atoms with van der Waals surface area (Å²) >= 11 is 0. The number of aromatic nitrogens is 2. The average molecular weight is 502 g/mol. The van der Waals surface area contributed by atoms with Crippen LogP contribution in [-0.2, 0) is 10.9 Å². The van der Waals surface area contributed by atoms with Crippen LogP contribution >= 0.6 is 12.4 Å². The van der Waals surface area contributed by atoms with Gasteiger partial charge < -0.3 is 10.1 Å². The Kier molecular flexibility index (Phi) is 7.17. The fourth-order valence-corrected chi connectivity index (χ4v) is 4.31. The second-order valence-corrected chi connectivity index (χ2v) is 8.15. The fraction of sp³-hybridized carbons (Fsp3) is 0.280. The lowest BCUT2D eigenvalue weighted by molar-refractivity contribution is -0.137. The minimum atomic E-state index is -4.42. The van der Waals surface area contributed by atoms with E-state index in [1.54, 1.807) is 0 Å². The van der Waals surface area contributed by atoms with E-state index in [0.29, 0.717) is 42.1 Å². The van der Waals surface area contributed by atoms with Gasteiger partial charge in [-0.3, -0.25) is 9.30 Å². The van der Waals surface area contributed by atoms with Gasteiger partial charge in [0.15, 0.2) is 5.65 Å². The Hall–Kier alpha value is -3.32. The number of anilines is 1. The number of imidazole rings is 1. The zero-order valence-corrected chi connectivity index (χ0v) is 19.5. The molecule has 0 saturated carbocycles. The van der Waals surface area contributed by atoms with Crippen molar-refractivity contribution in [2.24, 2.45) is 0 Å². The number of alkyl halides is 3. The Labute approximate surface area is 206 Å². The quantitative estimate of drug-likeness (QED) is 0.406. The third-order valence-corrected chi connectivity index (χ3v) is 6.05. The highest BCUT2D eigenvalue weighted by Crippen LogP contribution is 2.35. The smallest absolute Gasteiger partial charge is 0.379 e. The molecule has 0 aliphatic carbocycles. The molecule has 10 heteroatoms. The molecule has 35 heavy (non-hydrogen) atoms. The van der Waals surface area contributed by atoms with Crippen LogP contribution in [0.15, 0.2) is 54.6 Å². The molecule has 6 nitrogen and oxygen atoms in total. The van der Waals surface area contributed by atoms with Gasteiger partial charge in [-0.15, -0.1) is 12.4 Å². The minimum absolute atomic E-state index is 0. The average Bonchev–Trinajstić information content (AvgIpc) is 3.24. The van der Waals surface area contributed by atoms with Gasteiger partial charge in [0.2, 0.25) is 0 Å². The second kappa shape index (κ2) is 10.1. The number of halogens is 4. The van der Waals surface area contributed by atoms with Gasteiger partial charge in [0, 0.05) is 31.7 Å². The monoisotopic (exact) mass is 501 g/mol. The van der Waals surface area contributed by atoms with Crippen molar-refractivity contribution in [3.8, 4) is 17.2 Å². The molecule has 0 amide bonds. The summed E-state index contributed by atoms with van der Waals surface area (Å²) in [5.41, 5.74) is 2.70. The van der Waals surface area contributed by atoms with Crippen molar-refractivity contribution in [1.29, 1.82) is 5.26 Å². The van der Waals surface area contributed by atoms with Crippen LogP contribution in [0.25, 0.3) is 27.8 Å². The third-order valence-electron chi connectivity index (χ3n) is 6.05. The fourth-order valence-electron chi connectivity index (χ4n) is 4.31. The summed E-state index contributed by atoms with van der Waals surface area (Å²) in [4.78, 5) is 6.99. The number of morpholine rings is 1. The van der Waals surface area contributed by atoms with Crippen LogP contribution in [0.2, 0.25) is 0 Å². The Morgan fingerprint density at radius 2 is 1.77 bits per heavy atom. The van der Waals surface area contributed by atoms with E-state index in [0.717, 1.165) is 48.6 Å². The number of rotatable bonds is 5. The van der Waals surface area contributed by atoms with Crippen LogP contribution in [0.4, 0.5) is 19.0 Å². The second-order valence-electron chi connectivity index (χ2n) is 8.15. The normalized spacial score (nSPS) is 14.6. The van der Waals surface area contributed by atoms with E-state index in [2.05, 4.69) is 21.3 Å². The van der Waals surface area contributed by atoms with Crippen molar-refractivity contribution in [2.45, 2.75) is 6.18 Å². The molecule has 2 aromatic heterocycles. The van der Waals surface area contributed by atoms with Gasteiger partial charge in [0.1, 0.15) is 17.5 Å². The summed E-state index contributed by atoms with van der Waals surface area (Å²) in [5, 5.41) is 13.5. The summed E-state index contributed by atoms with van der Waals surface area (Å²) < 4.78 is 46.5. The van der Waals surface area contributed by atoms with E-state index in [1.165, 1.54) is 12.1 Å². The molecule has 2 aromatic carbocycles. The third kappa shape index (κ3) is 4.91. The number of nitrogens with one attached hydrogen (secondary N) is 1. The zero-order valence-electron chi connectivity index (χ0n) is 18.7. The first kappa shape index (κ1) is 24.8. The minimum Gasteiger partial charge on any atom is -0.379 e. The van der Waals surface area contributed by atoms with Crippen molar-refractivity contribution < 1.29 is 17.9 Å². The van der Waals surface area contributed by atoms with E-state index in [-0.39, 0.29) is 12.4 Å². The summed E-state index contributed by atoms with van der Waals surface area (Å²) in [5.74, 6) is 0.728. The molecule has 0 atom stereocenters. The van der Waals surface area contributed by atoms with Crippen molar-refractivity contribution in [2.75, 3.05) is 44.7 Å². The van der Waals surface area contributed by atoms with Crippen LogP contribution in [0.1, 0.15) is 11.1 Å². The van der Waals surface area contributed by atoms with Gasteiger partial charge in [-0.2, -0.15) is 18.4 Å². The molecule has 1 saturated heterocycles. The summed E-state index contributed by atoms with van der Waals surface area (Å²) in [6, 6.07) is 16.5. The van der Waals surface area contributed by atoms with Crippen LogP contribution in [0.3, 0.4) is 0 Å². The van der Waals surface area contributed by atoms with Gasteiger partial charge in [0.25, 0.3) is 0 Å². The van der Waals surface area contributed by atoms with Crippen molar-refractivity contribution >= 4 is 34.9 Å². The maximum absolute atomic E-state index is 13.1. The number of pyridine rings is 1. The molecule has 1 N–H and O–H groups in total. The van der Waals surface area contributed by atoms with Crippen molar-refractivity contribution in [3.63, 3.8) is 0 Å². The van der Waals surface area contributed by atoms with Gasteiger partial charge in [-0.05, 0) is 35.9 Å². The summed E-state index contributed by atoms with van der Waals surface area (Å²) in [6.07, 6.45) is -4.42. The first-order valence-corrected chi connectivity index (χ1v) is 11.0.